The highest BCUT2D eigenvalue weighted by molar-refractivity contribution is 6.05. The van der Waals surface area contributed by atoms with Gasteiger partial charge in [0.2, 0.25) is 0 Å². The zero-order valence-electron chi connectivity index (χ0n) is 13.7. The van der Waals surface area contributed by atoms with E-state index >= 15 is 0 Å². The Morgan fingerprint density at radius 3 is 2.30 bits per heavy atom. The summed E-state index contributed by atoms with van der Waals surface area (Å²) in [5.74, 6) is -0.761. The minimum atomic E-state index is -0.816. The third kappa shape index (κ3) is 3.81. The molecular formula is C16H12N4O7. The van der Waals surface area contributed by atoms with Crippen LogP contribution in [0.25, 0.3) is 0 Å². The molecule has 1 fully saturated rings. The van der Waals surface area contributed by atoms with Crippen molar-refractivity contribution in [2.24, 2.45) is 0 Å². The van der Waals surface area contributed by atoms with Gasteiger partial charge in [-0.3, -0.25) is 29.9 Å². The molecule has 0 aromatic heterocycles. The number of hydrogen-bond donors (Lipinski definition) is 1. The number of non-ortho nitro benzene ring substituents is 2. The second-order valence-electron chi connectivity index (χ2n) is 5.52. The van der Waals surface area contributed by atoms with Gasteiger partial charge in [0.25, 0.3) is 17.3 Å². The largest absolute Gasteiger partial charge is 0.447 e. The molecule has 138 valence electrons. The van der Waals surface area contributed by atoms with Crippen LogP contribution in [0.3, 0.4) is 0 Å². The number of hydrogen-bond acceptors (Lipinski definition) is 7. The maximum absolute atomic E-state index is 12.4. The summed E-state index contributed by atoms with van der Waals surface area (Å²) in [6.07, 6.45) is -0.507. The van der Waals surface area contributed by atoms with E-state index < -0.39 is 33.2 Å². The zero-order valence-corrected chi connectivity index (χ0v) is 13.7. The molecule has 1 aliphatic heterocycles. The number of cyclic esters (lactones) is 1. The summed E-state index contributed by atoms with van der Waals surface area (Å²) in [7, 11) is 0. The number of nitrogens with zero attached hydrogens (tertiary/aromatic N) is 3. The van der Waals surface area contributed by atoms with Crippen LogP contribution in [0.1, 0.15) is 10.4 Å². The SMILES string of the molecule is O=C(Nc1cccc(N2CCOC2=O)c1)c1cc([N+](=O)[O-])cc([N+](=O)[O-])c1. The maximum atomic E-state index is 12.4. The summed E-state index contributed by atoms with van der Waals surface area (Å²) in [6.45, 7) is 0.625. The van der Waals surface area contributed by atoms with Gasteiger partial charge in [-0.25, -0.2) is 4.79 Å². The number of carbonyl (C=O) groups excluding carboxylic acids is 2. The van der Waals surface area contributed by atoms with E-state index in [9.17, 15) is 29.8 Å². The summed E-state index contributed by atoms with van der Waals surface area (Å²) in [5, 5.41) is 24.4. The lowest BCUT2D eigenvalue weighted by atomic mass is 10.1. The Morgan fingerprint density at radius 2 is 1.74 bits per heavy atom. The number of amides is 2. The number of nitrogens with one attached hydrogen (secondary N) is 1. The monoisotopic (exact) mass is 372 g/mol. The third-order valence-electron chi connectivity index (χ3n) is 3.76. The Morgan fingerprint density at radius 1 is 1.07 bits per heavy atom. The van der Waals surface area contributed by atoms with Crippen LogP contribution in [0, 0.1) is 20.2 Å². The van der Waals surface area contributed by atoms with Gasteiger partial charge in [-0.1, -0.05) is 6.07 Å². The van der Waals surface area contributed by atoms with Crippen molar-refractivity contribution in [2.75, 3.05) is 23.4 Å². The van der Waals surface area contributed by atoms with Gasteiger partial charge in [-0.15, -0.1) is 0 Å². The van der Waals surface area contributed by atoms with Gasteiger partial charge >= 0.3 is 6.09 Å². The van der Waals surface area contributed by atoms with Crippen molar-refractivity contribution >= 4 is 34.7 Å². The van der Waals surface area contributed by atoms with Gasteiger partial charge in [0, 0.05) is 23.5 Å². The van der Waals surface area contributed by atoms with E-state index in [4.69, 9.17) is 4.74 Å². The molecule has 0 aliphatic carbocycles. The molecule has 0 radical (unpaired) electrons. The van der Waals surface area contributed by atoms with Crippen molar-refractivity contribution < 1.29 is 24.2 Å². The van der Waals surface area contributed by atoms with Gasteiger partial charge in [0.15, 0.2) is 0 Å². The van der Waals surface area contributed by atoms with E-state index in [1.165, 1.54) is 11.0 Å². The third-order valence-corrected chi connectivity index (χ3v) is 3.76. The van der Waals surface area contributed by atoms with E-state index in [2.05, 4.69) is 5.32 Å². The van der Waals surface area contributed by atoms with Crippen molar-refractivity contribution in [1.82, 2.24) is 0 Å². The molecule has 3 rings (SSSR count). The van der Waals surface area contributed by atoms with Crippen LogP contribution >= 0.6 is 0 Å². The maximum Gasteiger partial charge on any atom is 0.414 e. The quantitative estimate of drug-likeness (QED) is 0.627. The van der Waals surface area contributed by atoms with Crippen LogP contribution in [0.4, 0.5) is 27.5 Å². The number of rotatable bonds is 5. The summed E-state index contributed by atoms with van der Waals surface area (Å²) >= 11 is 0. The zero-order chi connectivity index (χ0) is 19.6. The predicted octanol–water partition coefficient (Wildman–Crippen LogP) is 2.71. The highest BCUT2D eigenvalue weighted by Gasteiger charge is 2.24. The van der Waals surface area contributed by atoms with E-state index in [0.29, 0.717) is 17.9 Å². The molecule has 11 nitrogen and oxygen atoms in total. The van der Waals surface area contributed by atoms with Gasteiger partial charge in [-0.05, 0) is 18.2 Å². The standard InChI is InChI=1S/C16H12N4O7/c21-15(10-6-13(19(23)24)9-14(7-10)20(25)26)17-11-2-1-3-12(8-11)18-4-5-27-16(18)22/h1-3,6-9H,4-5H2,(H,17,21). The lowest BCUT2D eigenvalue weighted by Gasteiger charge is -2.14. The van der Waals surface area contributed by atoms with Crippen LogP contribution in [0.2, 0.25) is 0 Å². The number of nitro benzene ring substituents is 2. The molecule has 0 bridgehead atoms. The summed E-state index contributed by atoms with van der Waals surface area (Å²) in [6, 6.07) is 9.00. The van der Waals surface area contributed by atoms with E-state index in [1.807, 2.05) is 0 Å². The minimum Gasteiger partial charge on any atom is -0.447 e. The number of ether oxygens (including phenoxy) is 1. The second-order valence-corrected chi connectivity index (χ2v) is 5.52. The predicted molar refractivity (Wildman–Crippen MR) is 92.8 cm³/mol. The second kappa shape index (κ2) is 7.07. The molecule has 0 atom stereocenters. The van der Waals surface area contributed by atoms with E-state index in [1.54, 1.807) is 18.2 Å². The molecule has 1 N–H and O–H groups in total. The normalized spacial score (nSPS) is 13.2. The molecule has 0 unspecified atom stereocenters. The van der Waals surface area contributed by atoms with Crippen LogP contribution in [-0.4, -0.2) is 35.0 Å². The number of nitro groups is 2. The molecule has 1 aliphatic rings. The number of benzene rings is 2. The fourth-order valence-electron chi connectivity index (χ4n) is 2.52. The lowest BCUT2D eigenvalue weighted by molar-refractivity contribution is -0.394. The first kappa shape index (κ1) is 17.8. The minimum absolute atomic E-state index is 0.234. The topological polar surface area (TPSA) is 145 Å². The van der Waals surface area contributed by atoms with E-state index in [0.717, 1.165) is 18.2 Å². The van der Waals surface area contributed by atoms with Crippen LogP contribution < -0.4 is 10.2 Å². The molecule has 0 spiro atoms. The Bertz CT molecular complexity index is 927. The average molecular weight is 372 g/mol. The number of carbonyl (C=O) groups is 2. The van der Waals surface area contributed by atoms with Crippen molar-refractivity contribution in [1.29, 1.82) is 0 Å². The van der Waals surface area contributed by atoms with E-state index in [-0.39, 0.29) is 12.2 Å². The number of anilines is 2. The molecule has 2 aromatic rings. The van der Waals surface area contributed by atoms with Crippen LogP contribution in [-0.2, 0) is 4.74 Å². The molecule has 0 saturated carbocycles. The molecule has 11 heteroatoms. The Labute approximate surface area is 151 Å². The molecule has 1 saturated heterocycles. The Kier molecular flexibility index (Phi) is 4.66. The van der Waals surface area contributed by atoms with Crippen LogP contribution in [0.15, 0.2) is 42.5 Å². The molecule has 1 heterocycles. The first-order valence-electron chi connectivity index (χ1n) is 7.65. The van der Waals surface area contributed by atoms with Gasteiger partial charge in [0.1, 0.15) is 6.61 Å². The highest BCUT2D eigenvalue weighted by atomic mass is 16.6. The molecule has 2 aromatic carbocycles. The molecule has 2 amide bonds. The Hall–Kier alpha value is -4.02. The fraction of sp³-hybridized carbons (Fsp3) is 0.125. The van der Waals surface area contributed by atoms with Crippen molar-refractivity contribution in [2.45, 2.75) is 0 Å². The first-order chi connectivity index (χ1) is 12.8. The van der Waals surface area contributed by atoms with Gasteiger partial charge < -0.3 is 10.1 Å². The smallest absolute Gasteiger partial charge is 0.414 e. The highest BCUT2D eigenvalue weighted by Crippen LogP contribution is 2.25. The summed E-state index contributed by atoms with van der Waals surface area (Å²) in [5.41, 5.74) is -0.556. The van der Waals surface area contributed by atoms with Gasteiger partial charge in [-0.2, -0.15) is 0 Å². The lowest BCUT2D eigenvalue weighted by Crippen LogP contribution is -2.23. The average Bonchev–Trinajstić information content (AvgIpc) is 3.07. The van der Waals surface area contributed by atoms with Crippen molar-refractivity contribution in [3.63, 3.8) is 0 Å². The van der Waals surface area contributed by atoms with Crippen molar-refractivity contribution in [3.05, 3.63) is 68.3 Å². The summed E-state index contributed by atoms with van der Waals surface area (Å²) in [4.78, 5) is 45.6. The first-order valence-corrected chi connectivity index (χ1v) is 7.65. The fourth-order valence-corrected chi connectivity index (χ4v) is 2.52. The Balaban J connectivity index is 1.86. The molecule has 27 heavy (non-hydrogen) atoms. The van der Waals surface area contributed by atoms with Crippen molar-refractivity contribution in [3.8, 4) is 0 Å². The van der Waals surface area contributed by atoms with Crippen LogP contribution in [0.5, 0.6) is 0 Å². The summed E-state index contributed by atoms with van der Waals surface area (Å²) < 4.78 is 4.85. The molecular weight excluding hydrogens is 360 g/mol. The van der Waals surface area contributed by atoms with Gasteiger partial charge in [0.05, 0.1) is 28.0 Å².